The molecule has 0 aliphatic rings. The Labute approximate surface area is 160 Å². The molecule has 6 heteroatoms. The highest BCUT2D eigenvalue weighted by atomic mass is 16.5. The first-order valence-corrected chi connectivity index (χ1v) is 8.92. The number of hydrogen-bond acceptors (Lipinski definition) is 4. The average Bonchev–Trinajstić information content (AvgIpc) is 2.67. The van der Waals surface area contributed by atoms with Gasteiger partial charge in [0, 0.05) is 22.9 Å². The lowest BCUT2D eigenvalue weighted by atomic mass is 10.1. The van der Waals surface area contributed by atoms with Crippen molar-refractivity contribution < 1.29 is 24.0 Å². The molecule has 2 rings (SSSR count). The van der Waals surface area contributed by atoms with Gasteiger partial charge in [-0.25, -0.2) is 0 Å². The molecule has 2 aromatic carbocycles. The number of amides is 1. The van der Waals surface area contributed by atoms with Gasteiger partial charge in [0.1, 0.15) is 18.0 Å². The van der Waals surface area contributed by atoms with E-state index in [1.54, 1.807) is 32.4 Å². The molecule has 0 aliphatic heterocycles. The fraction of sp³-hybridized carbons (Fsp3) is 0.333. The highest BCUT2D eigenvalue weighted by molar-refractivity contribution is 5.94. The standard InChI is InChI=1S/C21H26N2O4/c1-5-23(13-17-11-16(15(2)24)9-10-20(17)27-4)14-21(25)22-18-7-6-8-19(12-18)26-3/h6-12H,5,13-14H2,1-4H3,(H,22,25)/p+1. The summed E-state index contributed by atoms with van der Waals surface area (Å²) in [7, 11) is 3.19. The van der Waals surface area contributed by atoms with Crippen LogP contribution in [-0.2, 0) is 11.3 Å². The predicted molar refractivity (Wildman–Crippen MR) is 105 cm³/mol. The summed E-state index contributed by atoms with van der Waals surface area (Å²) in [5.74, 6) is 1.34. The molecule has 0 saturated heterocycles. The van der Waals surface area contributed by atoms with Crippen molar-refractivity contribution in [3.05, 3.63) is 53.6 Å². The number of benzene rings is 2. The molecule has 0 saturated carbocycles. The summed E-state index contributed by atoms with van der Waals surface area (Å²) in [4.78, 5) is 25.2. The Bertz CT molecular complexity index is 805. The quantitative estimate of drug-likeness (QED) is 0.661. The molecule has 27 heavy (non-hydrogen) atoms. The van der Waals surface area contributed by atoms with Crippen molar-refractivity contribution in [2.75, 3.05) is 32.6 Å². The molecule has 0 heterocycles. The van der Waals surface area contributed by atoms with Crippen LogP contribution < -0.4 is 19.7 Å². The number of carbonyl (C=O) groups excluding carboxylic acids is 2. The Morgan fingerprint density at radius 1 is 1.07 bits per heavy atom. The monoisotopic (exact) mass is 371 g/mol. The number of ketones is 1. The van der Waals surface area contributed by atoms with Crippen LogP contribution in [0.5, 0.6) is 11.5 Å². The number of likely N-dealkylation sites (N-methyl/N-ethyl adjacent to an activating group) is 1. The first-order valence-electron chi connectivity index (χ1n) is 8.92. The molecule has 0 aromatic heterocycles. The first-order chi connectivity index (χ1) is 13.0. The van der Waals surface area contributed by atoms with Gasteiger partial charge in [0.2, 0.25) is 0 Å². The van der Waals surface area contributed by atoms with E-state index in [0.717, 1.165) is 22.8 Å². The Morgan fingerprint density at radius 2 is 1.85 bits per heavy atom. The molecule has 144 valence electrons. The zero-order valence-corrected chi connectivity index (χ0v) is 16.3. The predicted octanol–water partition coefficient (Wildman–Crippen LogP) is 1.95. The van der Waals surface area contributed by atoms with Gasteiger partial charge in [-0.05, 0) is 44.2 Å². The van der Waals surface area contributed by atoms with Crippen molar-refractivity contribution >= 4 is 17.4 Å². The number of rotatable bonds is 9. The van der Waals surface area contributed by atoms with Gasteiger partial charge in [-0.15, -0.1) is 0 Å². The zero-order valence-electron chi connectivity index (χ0n) is 16.3. The third kappa shape index (κ3) is 5.82. The van der Waals surface area contributed by atoms with E-state index in [1.807, 2.05) is 31.2 Å². The second-order valence-corrected chi connectivity index (χ2v) is 6.32. The topological polar surface area (TPSA) is 69.1 Å². The van der Waals surface area contributed by atoms with Gasteiger partial charge in [-0.3, -0.25) is 9.59 Å². The minimum absolute atomic E-state index is 0.00715. The molecule has 1 atom stereocenters. The molecule has 0 radical (unpaired) electrons. The van der Waals surface area contributed by atoms with E-state index in [2.05, 4.69) is 5.32 Å². The molecular weight excluding hydrogens is 344 g/mol. The molecule has 1 amide bonds. The maximum absolute atomic E-state index is 12.4. The highest BCUT2D eigenvalue weighted by Gasteiger charge is 2.17. The second-order valence-electron chi connectivity index (χ2n) is 6.32. The van der Waals surface area contributed by atoms with Gasteiger partial charge in [-0.2, -0.15) is 0 Å². The number of quaternary nitrogens is 1. The summed E-state index contributed by atoms with van der Waals surface area (Å²) in [5, 5.41) is 2.90. The molecule has 1 unspecified atom stereocenters. The van der Waals surface area contributed by atoms with Gasteiger partial charge < -0.3 is 19.7 Å². The third-order valence-corrected chi connectivity index (χ3v) is 4.39. The van der Waals surface area contributed by atoms with E-state index >= 15 is 0 Å². The molecule has 0 fully saturated rings. The van der Waals surface area contributed by atoms with E-state index in [1.165, 1.54) is 6.92 Å². The van der Waals surface area contributed by atoms with Crippen molar-refractivity contribution in [1.82, 2.24) is 0 Å². The SMILES string of the molecule is CC[NH+](CC(=O)Nc1cccc(OC)c1)Cc1cc(C(C)=O)ccc1OC. The number of Topliss-reactive ketones (excluding diaryl/α,β-unsaturated/α-hetero) is 1. The molecular formula is C21H27N2O4+. The lowest BCUT2D eigenvalue weighted by Crippen LogP contribution is -3.11. The molecule has 2 N–H and O–H groups in total. The van der Waals surface area contributed by atoms with E-state index in [4.69, 9.17) is 9.47 Å². The lowest BCUT2D eigenvalue weighted by molar-refractivity contribution is -0.903. The summed E-state index contributed by atoms with van der Waals surface area (Å²) in [6.07, 6.45) is 0. The van der Waals surface area contributed by atoms with Crippen molar-refractivity contribution in [2.45, 2.75) is 20.4 Å². The molecule has 0 spiro atoms. The summed E-state index contributed by atoms with van der Waals surface area (Å²) in [6, 6.07) is 12.7. The lowest BCUT2D eigenvalue weighted by Gasteiger charge is -2.19. The van der Waals surface area contributed by atoms with Crippen molar-refractivity contribution in [3.8, 4) is 11.5 Å². The largest absolute Gasteiger partial charge is 0.497 e. The summed E-state index contributed by atoms with van der Waals surface area (Å²) in [6.45, 7) is 5.22. The minimum atomic E-state index is -0.0817. The van der Waals surface area contributed by atoms with Crippen molar-refractivity contribution in [3.63, 3.8) is 0 Å². The Morgan fingerprint density at radius 3 is 2.48 bits per heavy atom. The van der Waals surface area contributed by atoms with Gasteiger partial charge >= 0.3 is 0 Å². The summed E-state index contributed by atoms with van der Waals surface area (Å²) in [5.41, 5.74) is 2.25. The zero-order chi connectivity index (χ0) is 19.8. The summed E-state index contributed by atoms with van der Waals surface area (Å²) < 4.78 is 10.6. The van der Waals surface area contributed by atoms with Gasteiger partial charge in [-0.1, -0.05) is 6.07 Å². The highest BCUT2D eigenvalue weighted by Crippen LogP contribution is 2.19. The van der Waals surface area contributed by atoms with Crippen molar-refractivity contribution in [1.29, 1.82) is 0 Å². The number of nitrogens with one attached hydrogen (secondary N) is 2. The fourth-order valence-corrected chi connectivity index (χ4v) is 2.85. The molecule has 2 aromatic rings. The molecule has 0 aliphatic carbocycles. The van der Waals surface area contributed by atoms with Gasteiger partial charge in [0.05, 0.1) is 20.8 Å². The molecule has 6 nitrogen and oxygen atoms in total. The maximum atomic E-state index is 12.4. The Hall–Kier alpha value is -2.86. The Balaban J connectivity index is 2.07. The van der Waals surface area contributed by atoms with Crippen LogP contribution in [0.4, 0.5) is 5.69 Å². The van der Waals surface area contributed by atoms with Gasteiger partial charge in [0.25, 0.3) is 5.91 Å². The number of methoxy groups -OCH3 is 2. The second kappa shape index (κ2) is 9.73. The van der Waals surface area contributed by atoms with E-state index in [0.29, 0.717) is 30.1 Å². The van der Waals surface area contributed by atoms with Crippen LogP contribution in [-0.4, -0.2) is 39.0 Å². The van der Waals surface area contributed by atoms with Gasteiger partial charge in [0.15, 0.2) is 12.3 Å². The number of anilines is 1. The van der Waals surface area contributed by atoms with Crippen molar-refractivity contribution in [2.24, 2.45) is 0 Å². The van der Waals surface area contributed by atoms with Crippen LogP contribution in [0.1, 0.15) is 29.8 Å². The average molecular weight is 371 g/mol. The molecule has 0 bridgehead atoms. The maximum Gasteiger partial charge on any atom is 0.279 e. The van der Waals surface area contributed by atoms with Crippen LogP contribution in [0.2, 0.25) is 0 Å². The fourth-order valence-electron chi connectivity index (χ4n) is 2.85. The Kier molecular flexibility index (Phi) is 7.37. The van der Waals surface area contributed by atoms with E-state index in [-0.39, 0.29) is 11.7 Å². The number of carbonyl (C=O) groups is 2. The smallest absolute Gasteiger partial charge is 0.279 e. The van der Waals surface area contributed by atoms with E-state index in [9.17, 15) is 9.59 Å². The number of hydrogen-bond donors (Lipinski definition) is 2. The van der Waals surface area contributed by atoms with Crippen LogP contribution in [0.25, 0.3) is 0 Å². The van der Waals surface area contributed by atoms with Crippen LogP contribution in [0, 0.1) is 0 Å². The van der Waals surface area contributed by atoms with Crippen LogP contribution in [0.3, 0.4) is 0 Å². The van der Waals surface area contributed by atoms with Crippen LogP contribution >= 0.6 is 0 Å². The normalized spacial score (nSPS) is 11.6. The van der Waals surface area contributed by atoms with E-state index < -0.39 is 0 Å². The summed E-state index contributed by atoms with van der Waals surface area (Å²) >= 11 is 0. The third-order valence-electron chi connectivity index (χ3n) is 4.39. The van der Waals surface area contributed by atoms with Crippen LogP contribution in [0.15, 0.2) is 42.5 Å². The minimum Gasteiger partial charge on any atom is -0.497 e. The first kappa shape index (κ1) is 20.5. The number of ether oxygens (including phenoxy) is 2.